The summed E-state index contributed by atoms with van der Waals surface area (Å²) in [5.41, 5.74) is 0.807. The summed E-state index contributed by atoms with van der Waals surface area (Å²) in [7, 11) is -3.69. The van der Waals surface area contributed by atoms with Crippen molar-refractivity contribution in [3.63, 3.8) is 0 Å². The van der Waals surface area contributed by atoms with E-state index in [1.165, 1.54) is 12.1 Å². The quantitative estimate of drug-likeness (QED) is 0.509. The van der Waals surface area contributed by atoms with Gasteiger partial charge in [0.1, 0.15) is 30.7 Å². The summed E-state index contributed by atoms with van der Waals surface area (Å²) < 4.78 is 31.7. The summed E-state index contributed by atoms with van der Waals surface area (Å²) in [6, 6.07) is 13.2. The Morgan fingerprint density at radius 2 is 1.87 bits per heavy atom. The van der Waals surface area contributed by atoms with Crippen LogP contribution in [0.2, 0.25) is 5.02 Å². The fraction of sp³-hybridized carbons (Fsp3) is 0.348. The van der Waals surface area contributed by atoms with Gasteiger partial charge in [-0.25, -0.2) is 12.9 Å². The smallest absolute Gasteiger partial charge is 0.481 e. The lowest BCUT2D eigenvalue weighted by molar-refractivity contribution is -0.874. The highest BCUT2D eigenvalue weighted by Gasteiger charge is 2.46. The van der Waals surface area contributed by atoms with Crippen molar-refractivity contribution in [1.29, 1.82) is 0 Å². The molecule has 31 heavy (non-hydrogen) atoms. The third kappa shape index (κ3) is 5.40. The van der Waals surface area contributed by atoms with Crippen molar-refractivity contribution in [3.8, 4) is 17.6 Å². The van der Waals surface area contributed by atoms with Crippen molar-refractivity contribution in [2.75, 3.05) is 19.7 Å². The lowest BCUT2D eigenvalue weighted by atomic mass is 10.1. The van der Waals surface area contributed by atoms with E-state index in [2.05, 4.69) is 11.8 Å². The van der Waals surface area contributed by atoms with Gasteiger partial charge in [0.25, 0.3) is 0 Å². The molecule has 2 unspecified atom stereocenters. The molecule has 0 saturated carbocycles. The number of sulfone groups is 1. The molecule has 8 heteroatoms. The largest absolute Gasteiger partial charge is 0.513 e. The molecular formula is C23H25ClNO5S+. The third-order valence-corrected chi connectivity index (χ3v) is 7.99. The van der Waals surface area contributed by atoms with Gasteiger partial charge in [-0.15, -0.1) is 5.92 Å². The number of piperidine rings is 1. The molecule has 0 spiro atoms. The van der Waals surface area contributed by atoms with E-state index in [1.54, 1.807) is 43.3 Å². The first-order valence-corrected chi connectivity index (χ1v) is 11.9. The van der Waals surface area contributed by atoms with Crippen molar-refractivity contribution < 1.29 is 27.5 Å². The zero-order valence-electron chi connectivity index (χ0n) is 17.3. The average Bonchev–Trinajstić information content (AvgIpc) is 2.76. The number of likely N-dealkylation sites (tertiary alicyclic amines) is 1. The molecule has 3 rings (SSSR count). The predicted molar refractivity (Wildman–Crippen MR) is 119 cm³/mol. The van der Waals surface area contributed by atoms with E-state index in [0.29, 0.717) is 30.2 Å². The standard InChI is InChI=1S/C23H24ClNO5S/c1-2-3-15-30-20-10-12-21(13-11-20)31(28,29)22-5-4-14-25(17-22,23(26)27)16-18-6-8-19(24)9-7-18/h6-13,22H,4-5,14-17H2,1H3/p+1. The Bertz CT molecular complexity index is 1090. The van der Waals surface area contributed by atoms with Crippen molar-refractivity contribution in [3.05, 3.63) is 59.1 Å². The van der Waals surface area contributed by atoms with Crippen LogP contribution in [0.4, 0.5) is 4.79 Å². The second-order valence-corrected chi connectivity index (χ2v) is 10.3. The van der Waals surface area contributed by atoms with Crippen LogP contribution in [0.15, 0.2) is 53.4 Å². The predicted octanol–water partition coefficient (Wildman–Crippen LogP) is 4.37. The number of benzene rings is 2. The fourth-order valence-corrected chi connectivity index (χ4v) is 5.87. The second kappa shape index (κ2) is 9.73. The Morgan fingerprint density at radius 3 is 2.48 bits per heavy atom. The lowest BCUT2D eigenvalue weighted by Gasteiger charge is -2.39. The molecule has 0 aliphatic carbocycles. The zero-order valence-corrected chi connectivity index (χ0v) is 18.8. The molecule has 2 aromatic carbocycles. The van der Waals surface area contributed by atoms with Gasteiger partial charge in [-0.2, -0.15) is 4.79 Å². The first-order chi connectivity index (χ1) is 14.8. The van der Waals surface area contributed by atoms with Crippen molar-refractivity contribution in [1.82, 2.24) is 0 Å². The number of nitrogens with zero attached hydrogens (tertiary/aromatic N) is 1. The summed E-state index contributed by atoms with van der Waals surface area (Å²) >= 11 is 5.93. The number of halogens is 1. The molecule has 2 atom stereocenters. The van der Waals surface area contributed by atoms with Gasteiger partial charge in [0.2, 0.25) is 0 Å². The van der Waals surface area contributed by atoms with Gasteiger partial charge < -0.3 is 9.84 Å². The molecule has 1 fully saturated rings. The monoisotopic (exact) mass is 462 g/mol. The molecule has 0 bridgehead atoms. The summed E-state index contributed by atoms with van der Waals surface area (Å²) in [6.07, 6.45) is -0.0723. The minimum atomic E-state index is -3.69. The number of rotatable bonds is 6. The molecule has 2 aromatic rings. The van der Waals surface area contributed by atoms with Crippen LogP contribution in [0.5, 0.6) is 5.75 Å². The van der Waals surface area contributed by atoms with Crippen LogP contribution in [-0.4, -0.2) is 49.0 Å². The number of hydrogen-bond acceptors (Lipinski definition) is 4. The van der Waals surface area contributed by atoms with Crippen LogP contribution in [0.25, 0.3) is 0 Å². The number of quaternary nitrogens is 1. The number of amides is 1. The van der Waals surface area contributed by atoms with Crippen LogP contribution in [-0.2, 0) is 16.4 Å². The molecule has 1 N–H and O–H groups in total. The number of carboxylic acid groups (broad SMARTS) is 1. The Kier molecular flexibility index (Phi) is 7.26. The topological polar surface area (TPSA) is 80.7 Å². The van der Waals surface area contributed by atoms with Gasteiger partial charge in [-0.05, 0) is 56.2 Å². The SMILES string of the molecule is CC#CCOc1ccc(S(=O)(=O)C2CCC[N+](Cc3ccc(Cl)cc3)(C(=O)O)C2)cc1. The summed E-state index contributed by atoms with van der Waals surface area (Å²) in [5.74, 6) is 6.04. The van der Waals surface area contributed by atoms with Gasteiger partial charge in [-0.1, -0.05) is 29.7 Å². The van der Waals surface area contributed by atoms with E-state index in [-0.39, 0.29) is 29.1 Å². The van der Waals surface area contributed by atoms with Crippen molar-refractivity contribution >= 4 is 27.5 Å². The highest BCUT2D eigenvalue weighted by Crippen LogP contribution is 2.31. The summed E-state index contributed by atoms with van der Waals surface area (Å²) in [4.78, 5) is 12.4. The van der Waals surface area contributed by atoms with Crippen LogP contribution in [0, 0.1) is 11.8 Å². The molecule has 0 radical (unpaired) electrons. The molecular weight excluding hydrogens is 438 g/mol. The minimum Gasteiger partial charge on any atom is -0.481 e. The Labute approximate surface area is 187 Å². The maximum absolute atomic E-state index is 13.3. The van der Waals surface area contributed by atoms with Gasteiger partial charge in [0.05, 0.1) is 11.4 Å². The fourth-order valence-electron chi connectivity index (χ4n) is 3.88. The van der Waals surface area contributed by atoms with Crippen LogP contribution in [0.3, 0.4) is 0 Å². The molecule has 1 heterocycles. The molecule has 0 aromatic heterocycles. The Balaban J connectivity index is 1.81. The van der Waals surface area contributed by atoms with Crippen LogP contribution in [0.1, 0.15) is 25.3 Å². The van der Waals surface area contributed by atoms with E-state index in [0.717, 1.165) is 5.56 Å². The number of ether oxygens (including phenoxy) is 1. The molecule has 1 aliphatic heterocycles. The highest BCUT2D eigenvalue weighted by atomic mass is 35.5. The van der Waals surface area contributed by atoms with Gasteiger partial charge in [0.15, 0.2) is 9.84 Å². The van der Waals surface area contributed by atoms with E-state index in [9.17, 15) is 18.3 Å². The van der Waals surface area contributed by atoms with E-state index >= 15 is 0 Å². The van der Waals surface area contributed by atoms with E-state index in [4.69, 9.17) is 16.3 Å². The van der Waals surface area contributed by atoms with Gasteiger partial charge in [0, 0.05) is 10.6 Å². The Hall–Kier alpha value is -2.53. The van der Waals surface area contributed by atoms with Crippen LogP contribution >= 0.6 is 11.6 Å². The first kappa shape index (κ1) is 23.1. The third-order valence-electron chi connectivity index (χ3n) is 5.55. The highest BCUT2D eigenvalue weighted by molar-refractivity contribution is 7.92. The molecule has 164 valence electrons. The summed E-state index contributed by atoms with van der Waals surface area (Å²) in [5, 5.41) is 9.81. The van der Waals surface area contributed by atoms with E-state index < -0.39 is 21.2 Å². The number of carbonyl (C=O) groups is 1. The minimum absolute atomic E-state index is 0.0185. The Morgan fingerprint density at radius 1 is 1.19 bits per heavy atom. The van der Waals surface area contributed by atoms with Crippen LogP contribution < -0.4 is 4.74 Å². The first-order valence-electron chi connectivity index (χ1n) is 9.97. The maximum atomic E-state index is 13.3. The van der Waals surface area contributed by atoms with E-state index in [1.807, 2.05) is 0 Å². The van der Waals surface area contributed by atoms with Crippen molar-refractivity contribution in [2.45, 2.75) is 36.5 Å². The average molecular weight is 463 g/mol. The summed E-state index contributed by atoms with van der Waals surface area (Å²) in [6.45, 7) is 2.56. The van der Waals surface area contributed by atoms with Crippen molar-refractivity contribution in [2.24, 2.45) is 0 Å². The van der Waals surface area contributed by atoms with Gasteiger partial charge in [-0.3, -0.25) is 0 Å². The molecule has 6 nitrogen and oxygen atoms in total. The maximum Gasteiger partial charge on any atom is 0.513 e. The molecule has 1 aliphatic rings. The molecule has 1 saturated heterocycles. The number of hydrogen-bond donors (Lipinski definition) is 1. The lowest BCUT2D eigenvalue weighted by Crippen LogP contribution is -2.59. The second-order valence-electron chi connectivity index (χ2n) is 7.61. The zero-order chi connectivity index (χ0) is 22.5. The normalized spacial score (nSPS) is 21.0. The molecule has 1 amide bonds. The van der Waals surface area contributed by atoms with Gasteiger partial charge >= 0.3 is 6.09 Å².